The average molecular weight is 416 g/mol. The number of anilines is 1. The first-order valence-corrected chi connectivity index (χ1v) is 8.82. The molecule has 0 radical (unpaired) electrons. The van der Waals surface area contributed by atoms with Crippen molar-refractivity contribution in [3.8, 4) is 5.88 Å². The largest absolute Gasteiger partial charge is 0.480 e. The number of ether oxygens (including phenoxy) is 2. The van der Waals surface area contributed by atoms with Gasteiger partial charge in [-0.15, -0.1) is 0 Å². The number of alkyl carbamates (subject to hydrolysis) is 1. The van der Waals surface area contributed by atoms with Gasteiger partial charge in [-0.3, -0.25) is 4.79 Å². The summed E-state index contributed by atoms with van der Waals surface area (Å²) in [6, 6.07) is 2.64. The number of hydrogen-bond donors (Lipinski definition) is 2. The molecule has 1 aromatic heterocycles. The summed E-state index contributed by atoms with van der Waals surface area (Å²) >= 11 is 3.31. The molecule has 140 valence electrons. The molecule has 0 spiro atoms. The van der Waals surface area contributed by atoms with E-state index >= 15 is 0 Å². The zero-order valence-electron chi connectivity index (χ0n) is 15.5. The first kappa shape index (κ1) is 21.2. The molecule has 0 aliphatic heterocycles. The Kier molecular flexibility index (Phi) is 7.66. The molecule has 2 N–H and O–H groups in total. The van der Waals surface area contributed by atoms with Crippen molar-refractivity contribution in [3.63, 3.8) is 0 Å². The van der Waals surface area contributed by atoms with E-state index in [9.17, 15) is 9.59 Å². The van der Waals surface area contributed by atoms with Gasteiger partial charge in [0.15, 0.2) is 0 Å². The van der Waals surface area contributed by atoms with E-state index in [-0.39, 0.29) is 11.8 Å². The minimum Gasteiger partial charge on any atom is -0.480 e. The van der Waals surface area contributed by atoms with E-state index in [1.807, 2.05) is 13.8 Å². The van der Waals surface area contributed by atoms with Gasteiger partial charge < -0.3 is 20.1 Å². The van der Waals surface area contributed by atoms with Gasteiger partial charge in [0.05, 0.1) is 11.6 Å². The van der Waals surface area contributed by atoms with Gasteiger partial charge >= 0.3 is 6.09 Å². The molecule has 0 bridgehead atoms. The molecule has 25 heavy (non-hydrogen) atoms. The smallest absolute Gasteiger partial charge is 0.408 e. The lowest BCUT2D eigenvalue weighted by molar-refractivity contribution is -0.118. The highest BCUT2D eigenvalue weighted by Crippen LogP contribution is 2.24. The summed E-state index contributed by atoms with van der Waals surface area (Å²) in [6.07, 6.45) is -0.159. The average Bonchev–Trinajstić information content (AvgIpc) is 2.46. The number of hydrogen-bond acceptors (Lipinski definition) is 5. The van der Waals surface area contributed by atoms with E-state index in [0.29, 0.717) is 22.6 Å². The molecule has 0 saturated heterocycles. The number of aromatic nitrogens is 1. The second-order valence-electron chi connectivity index (χ2n) is 7.01. The number of nitrogens with zero attached hydrogens (tertiary/aromatic N) is 1. The lowest BCUT2D eigenvalue weighted by Crippen LogP contribution is -2.46. The van der Waals surface area contributed by atoms with Gasteiger partial charge in [0.1, 0.15) is 17.5 Å². The van der Waals surface area contributed by atoms with Crippen LogP contribution >= 0.6 is 15.9 Å². The van der Waals surface area contributed by atoms with Crippen LogP contribution in [0.5, 0.6) is 5.88 Å². The van der Waals surface area contributed by atoms with Crippen LogP contribution in [0.2, 0.25) is 0 Å². The van der Waals surface area contributed by atoms with Crippen molar-refractivity contribution in [2.45, 2.75) is 52.7 Å². The second kappa shape index (κ2) is 9.03. The molecule has 1 atom stereocenters. The maximum atomic E-state index is 12.6. The molecule has 0 aliphatic rings. The van der Waals surface area contributed by atoms with Gasteiger partial charge in [-0.25, -0.2) is 4.79 Å². The van der Waals surface area contributed by atoms with Gasteiger partial charge in [0.25, 0.3) is 0 Å². The third kappa shape index (κ3) is 7.72. The standard InChI is InChI=1S/C17H26BrN3O4/c1-10(2)9-12(19-16(23)25-17(3,4)5)14(22)20-13-8-7-11(18)15(21-13)24-6/h7-8,10,12H,9H2,1-6H3,(H,19,23)(H,20,21,22)/t12-/m1/s1. The van der Waals surface area contributed by atoms with Gasteiger partial charge in [0, 0.05) is 0 Å². The Morgan fingerprint density at radius 2 is 1.92 bits per heavy atom. The van der Waals surface area contributed by atoms with E-state index in [1.54, 1.807) is 32.9 Å². The number of halogens is 1. The fraction of sp³-hybridized carbons (Fsp3) is 0.588. The van der Waals surface area contributed by atoms with E-state index < -0.39 is 17.7 Å². The molecule has 0 fully saturated rings. The lowest BCUT2D eigenvalue weighted by Gasteiger charge is -2.24. The van der Waals surface area contributed by atoms with Crippen molar-refractivity contribution < 1.29 is 19.1 Å². The van der Waals surface area contributed by atoms with Crippen LogP contribution in [0.3, 0.4) is 0 Å². The maximum absolute atomic E-state index is 12.6. The van der Waals surface area contributed by atoms with Crippen LogP contribution in [0.15, 0.2) is 16.6 Å². The van der Waals surface area contributed by atoms with Crippen LogP contribution in [-0.4, -0.2) is 35.7 Å². The predicted octanol–water partition coefficient (Wildman–Crippen LogP) is 3.73. The summed E-state index contributed by atoms with van der Waals surface area (Å²) in [7, 11) is 1.49. The van der Waals surface area contributed by atoms with Gasteiger partial charge in [-0.1, -0.05) is 13.8 Å². The van der Waals surface area contributed by atoms with Crippen LogP contribution in [0.4, 0.5) is 10.6 Å². The third-order valence-corrected chi connectivity index (χ3v) is 3.58. The Labute approximate surface area is 157 Å². The normalized spacial score (nSPS) is 12.5. The number of pyridine rings is 1. The van der Waals surface area contributed by atoms with Crippen LogP contribution in [-0.2, 0) is 9.53 Å². The Balaban J connectivity index is 2.84. The number of rotatable bonds is 6. The molecule has 1 heterocycles. The van der Waals surface area contributed by atoms with Crippen molar-refractivity contribution in [3.05, 3.63) is 16.6 Å². The minimum absolute atomic E-state index is 0.207. The third-order valence-electron chi connectivity index (χ3n) is 2.97. The molecular formula is C17H26BrN3O4. The highest BCUT2D eigenvalue weighted by Gasteiger charge is 2.25. The van der Waals surface area contributed by atoms with E-state index in [0.717, 1.165) is 0 Å². The van der Waals surface area contributed by atoms with Crippen LogP contribution < -0.4 is 15.4 Å². The van der Waals surface area contributed by atoms with Crippen molar-refractivity contribution in [1.29, 1.82) is 0 Å². The molecule has 0 saturated carbocycles. The summed E-state index contributed by atoms with van der Waals surface area (Å²) in [5.41, 5.74) is -0.635. The minimum atomic E-state index is -0.730. The zero-order valence-corrected chi connectivity index (χ0v) is 17.1. The van der Waals surface area contributed by atoms with Crippen LogP contribution in [0, 0.1) is 5.92 Å². The Morgan fingerprint density at radius 1 is 1.28 bits per heavy atom. The van der Waals surface area contributed by atoms with Gasteiger partial charge in [0.2, 0.25) is 11.8 Å². The SMILES string of the molecule is COc1nc(NC(=O)[C@@H](CC(C)C)NC(=O)OC(C)(C)C)ccc1Br. The second-order valence-corrected chi connectivity index (χ2v) is 7.86. The first-order valence-electron chi connectivity index (χ1n) is 8.02. The summed E-state index contributed by atoms with van der Waals surface area (Å²) < 4.78 is 11.0. The van der Waals surface area contributed by atoms with Gasteiger partial charge in [-0.05, 0) is 61.2 Å². The monoisotopic (exact) mass is 415 g/mol. The number of methoxy groups -OCH3 is 1. The number of amides is 2. The van der Waals surface area contributed by atoms with Crippen molar-refractivity contribution in [2.24, 2.45) is 5.92 Å². The predicted molar refractivity (Wildman–Crippen MR) is 99.7 cm³/mol. The molecule has 0 aliphatic carbocycles. The first-order chi connectivity index (χ1) is 11.5. The van der Waals surface area contributed by atoms with Crippen LogP contribution in [0.25, 0.3) is 0 Å². The van der Waals surface area contributed by atoms with E-state index in [2.05, 4.69) is 31.5 Å². The zero-order chi connectivity index (χ0) is 19.2. The van der Waals surface area contributed by atoms with Crippen molar-refractivity contribution in [2.75, 3.05) is 12.4 Å². The number of carbonyl (C=O) groups is 2. The molecule has 1 rings (SSSR count). The number of carbonyl (C=O) groups excluding carboxylic acids is 2. The molecule has 0 unspecified atom stereocenters. The Bertz CT molecular complexity index is 614. The maximum Gasteiger partial charge on any atom is 0.408 e. The van der Waals surface area contributed by atoms with Gasteiger partial charge in [-0.2, -0.15) is 4.98 Å². The molecule has 2 amide bonds. The molecule has 0 aromatic carbocycles. The highest BCUT2D eigenvalue weighted by atomic mass is 79.9. The molecule has 8 heteroatoms. The molecule has 1 aromatic rings. The fourth-order valence-electron chi connectivity index (χ4n) is 2.00. The van der Waals surface area contributed by atoms with E-state index in [4.69, 9.17) is 9.47 Å². The van der Waals surface area contributed by atoms with Crippen LogP contribution in [0.1, 0.15) is 41.0 Å². The fourth-order valence-corrected chi connectivity index (χ4v) is 2.38. The molecular weight excluding hydrogens is 390 g/mol. The molecule has 7 nitrogen and oxygen atoms in total. The summed E-state index contributed by atoms with van der Waals surface area (Å²) in [4.78, 5) is 28.7. The van der Waals surface area contributed by atoms with Crippen molar-refractivity contribution >= 4 is 33.7 Å². The Morgan fingerprint density at radius 3 is 2.44 bits per heavy atom. The summed E-state index contributed by atoms with van der Waals surface area (Å²) in [6.45, 7) is 9.24. The Hall–Kier alpha value is -1.83. The van der Waals surface area contributed by atoms with E-state index in [1.165, 1.54) is 7.11 Å². The summed E-state index contributed by atoms with van der Waals surface area (Å²) in [5, 5.41) is 5.32. The lowest BCUT2D eigenvalue weighted by atomic mass is 10.0. The quantitative estimate of drug-likeness (QED) is 0.738. The topological polar surface area (TPSA) is 89.5 Å². The van der Waals surface area contributed by atoms with Crippen molar-refractivity contribution in [1.82, 2.24) is 10.3 Å². The highest BCUT2D eigenvalue weighted by molar-refractivity contribution is 9.10. The summed E-state index contributed by atoms with van der Waals surface area (Å²) in [5.74, 6) is 0.539. The number of nitrogens with one attached hydrogen (secondary N) is 2.